The number of aromatic nitrogens is 6. The number of anilines is 2. The summed E-state index contributed by atoms with van der Waals surface area (Å²) < 4.78 is 1.69. The molecule has 3 heterocycles. The number of nitrogens with one attached hydrogen (secondary N) is 2. The van der Waals surface area contributed by atoms with E-state index < -0.39 is 0 Å². The van der Waals surface area contributed by atoms with Crippen LogP contribution in [-0.4, -0.2) is 48.1 Å². The molecule has 1 fully saturated rings. The Balaban J connectivity index is 1.31. The lowest BCUT2D eigenvalue weighted by Gasteiger charge is -2.15. The van der Waals surface area contributed by atoms with E-state index in [1.807, 2.05) is 30.8 Å². The second-order valence-electron chi connectivity index (χ2n) is 6.18. The molecule has 3 aromatic rings. The van der Waals surface area contributed by atoms with Crippen LogP contribution in [0.1, 0.15) is 19.3 Å². The largest absolute Gasteiger partial charge is 0.367 e. The van der Waals surface area contributed by atoms with Crippen LogP contribution in [0.2, 0.25) is 0 Å². The minimum Gasteiger partial charge on any atom is -0.367 e. The van der Waals surface area contributed by atoms with Crippen molar-refractivity contribution in [2.75, 3.05) is 16.9 Å². The average Bonchev–Trinajstić information content (AvgIpc) is 3.35. The molecule has 134 valence electrons. The first kappa shape index (κ1) is 16.8. The molecule has 0 aliphatic heterocycles. The second-order valence-corrected chi connectivity index (χ2v) is 7.06. The molecule has 0 spiro atoms. The maximum Gasteiger partial charge on any atom is 0.222 e. The van der Waals surface area contributed by atoms with Gasteiger partial charge in [-0.25, -0.2) is 24.6 Å². The van der Waals surface area contributed by atoms with Gasteiger partial charge in [0.05, 0.1) is 11.9 Å². The van der Waals surface area contributed by atoms with E-state index in [0.29, 0.717) is 18.0 Å². The molecule has 0 aromatic carbocycles. The van der Waals surface area contributed by atoms with Gasteiger partial charge in [-0.1, -0.05) is 0 Å². The van der Waals surface area contributed by atoms with E-state index in [1.165, 1.54) is 6.33 Å². The van der Waals surface area contributed by atoms with E-state index in [9.17, 15) is 0 Å². The quantitative estimate of drug-likeness (QED) is 0.641. The molecular weight excluding hydrogens is 348 g/mol. The van der Waals surface area contributed by atoms with Crippen molar-refractivity contribution in [1.82, 2.24) is 29.7 Å². The third kappa shape index (κ3) is 3.93. The molecule has 1 saturated carbocycles. The first-order valence-electron chi connectivity index (χ1n) is 8.50. The molecule has 2 N–H and O–H groups in total. The van der Waals surface area contributed by atoms with Crippen molar-refractivity contribution in [2.24, 2.45) is 0 Å². The molecule has 0 saturated heterocycles. The van der Waals surface area contributed by atoms with Gasteiger partial charge >= 0.3 is 0 Å². The van der Waals surface area contributed by atoms with Crippen LogP contribution in [0.15, 0.2) is 48.3 Å². The van der Waals surface area contributed by atoms with Crippen LogP contribution in [0.4, 0.5) is 11.8 Å². The van der Waals surface area contributed by atoms with Gasteiger partial charge in [0.25, 0.3) is 0 Å². The highest BCUT2D eigenvalue weighted by Crippen LogP contribution is 2.25. The van der Waals surface area contributed by atoms with Crippen LogP contribution in [0.5, 0.6) is 0 Å². The first-order chi connectivity index (χ1) is 12.8. The maximum absolute atomic E-state index is 4.48. The second kappa shape index (κ2) is 7.69. The molecule has 0 unspecified atom stereocenters. The maximum atomic E-state index is 4.48. The molecule has 1 aliphatic carbocycles. The summed E-state index contributed by atoms with van der Waals surface area (Å²) in [7, 11) is 0. The van der Waals surface area contributed by atoms with Crippen molar-refractivity contribution in [3.63, 3.8) is 0 Å². The van der Waals surface area contributed by atoms with Gasteiger partial charge in [0.2, 0.25) is 5.95 Å². The summed E-state index contributed by atoms with van der Waals surface area (Å²) in [5, 5.41) is 11.0. The van der Waals surface area contributed by atoms with E-state index >= 15 is 0 Å². The Morgan fingerprint density at radius 1 is 1.04 bits per heavy atom. The van der Waals surface area contributed by atoms with Crippen molar-refractivity contribution in [1.29, 1.82) is 0 Å². The van der Waals surface area contributed by atoms with E-state index in [1.54, 1.807) is 29.0 Å². The summed E-state index contributed by atoms with van der Waals surface area (Å²) in [6.45, 7) is 0. The average molecular weight is 368 g/mol. The number of hydrogen-bond donors (Lipinski definition) is 2. The van der Waals surface area contributed by atoms with Crippen LogP contribution in [-0.2, 0) is 0 Å². The zero-order valence-electron chi connectivity index (χ0n) is 14.4. The SMILES string of the molecule is CSc1cnc(N[C@H]2CC[C@H](Nc3ccc(-n4cncn4)cn3)C2)nc1. The minimum atomic E-state index is 0.377. The Bertz CT molecular complexity index is 819. The lowest BCUT2D eigenvalue weighted by molar-refractivity contribution is 0.716. The predicted octanol–water partition coefficient (Wildman–Crippen LogP) is 2.62. The van der Waals surface area contributed by atoms with Crippen LogP contribution >= 0.6 is 11.8 Å². The van der Waals surface area contributed by atoms with Gasteiger partial charge in [-0.2, -0.15) is 5.10 Å². The van der Waals surface area contributed by atoms with E-state index in [-0.39, 0.29) is 0 Å². The zero-order chi connectivity index (χ0) is 17.8. The number of rotatable bonds is 6. The van der Waals surface area contributed by atoms with Gasteiger partial charge in [0, 0.05) is 29.4 Å². The molecule has 2 atom stereocenters. The fourth-order valence-corrected chi connectivity index (χ4v) is 3.40. The number of hydrogen-bond acceptors (Lipinski definition) is 8. The van der Waals surface area contributed by atoms with Crippen LogP contribution < -0.4 is 10.6 Å². The van der Waals surface area contributed by atoms with E-state index in [4.69, 9.17) is 0 Å². The molecule has 3 aromatic heterocycles. The summed E-state index contributed by atoms with van der Waals surface area (Å²) in [5.74, 6) is 1.57. The van der Waals surface area contributed by atoms with Crippen LogP contribution in [0, 0.1) is 0 Å². The van der Waals surface area contributed by atoms with Gasteiger partial charge in [-0.15, -0.1) is 11.8 Å². The Hall–Kier alpha value is -2.68. The normalized spacial score (nSPS) is 19.4. The lowest BCUT2D eigenvalue weighted by atomic mass is 10.2. The highest BCUT2D eigenvalue weighted by atomic mass is 32.2. The van der Waals surface area contributed by atoms with Gasteiger partial charge in [-0.3, -0.25) is 0 Å². The van der Waals surface area contributed by atoms with Crippen molar-refractivity contribution in [3.8, 4) is 5.69 Å². The minimum absolute atomic E-state index is 0.377. The van der Waals surface area contributed by atoms with Crippen molar-refractivity contribution in [3.05, 3.63) is 43.4 Å². The predicted molar refractivity (Wildman–Crippen MR) is 102 cm³/mol. The topological polar surface area (TPSA) is 93.4 Å². The summed E-state index contributed by atoms with van der Waals surface area (Å²) in [6.07, 6.45) is 13.9. The smallest absolute Gasteiger partial charge is 0.222 e. The van der Waals surface area contributed by atoms with Crippen LogP contribution in [0.3, 0.4) is 0 Å². The fourth-order valence-electron chi connectivity index (χ4n) is 3.08. The standard InChI is InChI=1S/C17H20N8S/c1-26-15-8-20-17(21-9-15)24-13-3-2-12(6-13)23-16-5-4-14(7-19-16)25-11-18-10-22-25/h4-5,7-13H,2-3,6H2,1H3,(H,19,23)(H,20,21,24)/t12-,13-/m0/s1. The summed E-state index contributed by atoms with van der Waals surface area (Å²) >= 11 is 1.64. The summed E-state index contributed by atoms with van der Waals surface area (Å²) in [6, 6.07) is 4.72. The van der Waals surface area contributed by atoms with Crippen LogP contribution in [0.25, 0.3) is 5.69 Å². The zero-order valence-corrected chi connectivity index (χ0v) is 15.2. The molecule has 8 nitrogen and oxygen atoms in total. The Morgan fingerprint density at radius 2 is 1.85 bits per heavy atom. The highest BCUT2D eigenvalue weighted by Gasteiger charge is 2.25. The third-order valence-electron chi connectivity index (χ3n) is 4.41. The van der Waals surface area contributed by atoms with E-state index in [0.717, 1.165) is 35.7 Å². The molecule has 26 heavy (non-hydrogen) atoms. The van der Waals surface area contributed by atoms with Crippen molar-refractivity contribution in [2.45, 2.75) is 36.2 Å². The molecule has 1 aliphatic rings. The highest BCUT2D eigenvalue weighted by molar-refractivity contribution is 7.98. The molecule has 4 rings (SSSR count). The number of thioether (sulfide) groups is 1. The van der Waals surface area contributed by atoms with Crippen molar-refractivity contribution >= 4 is 23.5 Å². The summed E-state index contributed by atoms with van der Waals surface area (Å²) in [5.41, 5.74) is 0.893. The van der Waals surface area contributed by atoms with Gasteiger partial charge < -0.3 is 10.6 Å². The van der Waals surface area contributed by atoms with E-state index in [2.05, 4.69) is 35.7 Å². The molecule has 0 amide bonds. The monoisotopic (exact) mass is 368 g/mol. The number of nitrogens with zero attached hydrogens (tertiary/aromatic N) is 6. The Morgan fingerprint density at radius 3 is 2.50 bits per heavy atom. The molecule has 0 radical (unpaired) electrons. The third-order valence-corrected chi connectivity index (χ3v) is 5.10. The Kier molecular flexibility index (Phi) is 4.96. The molecular formula is C17H20N8S. The molecule has 9 heteroatoms. The van der Waals surface area contributed by atoms with Gasteiger partial charge in [-0.05, 0) is 37.7 Å². The van der Waals surface area contributed by atoms with Gasteiger partial charge in [0.15, 0.2) is 0 Å². The Labute approximate surface area is 155 Å². The lowest BCUT2D eigenvalue weighted by Crippen LogP contribution is -2.22. The summed E-state index contributed by atoms with van der Waals surface area (Å²) in [4.78, 5) is 18.2. The number of pyridine rings is 1. The molecule has 0 bridgehead atoms. The van der Waals surface area contributed by atoms with Gasteiger partial charge in [0.1, 0.15) is 18.5 Å². The van der Waals surface area contributed by atoms with Crippen molar-refractivity contribution < 1.29 is 0 Å². The first-order valence-corrected chi connectivity index (χ1v) is 9.73. The fraction of sp³-hybridized carbons (Fsp3) is 0.353.